The van der Waals surface area contributed by atoms with Crippen molar-refractivity contribution in [1.29, 1.82) is 0 Å². The van der Waals surface area contributed by atoms with E-state index in [1.807, 2.05) is 0 Å². The van der Waals surface area contributed by atoms with E-state index in [0.29, 0.717) is 6.04 Å². The van der Waals surface area contributed by atoms with E-state index < -0.39 is 0 Å². The first kappa shape index (κ1) is 24.0. The Balaban J connectivity index is 1.48. The molecule has 0 aromatic heterocycles. The van der Waals surface area contributed by atoms with Crippen molar-refractivity contribution in [3.63, 3.8) is 0 Å². The quantitative estimate of drug-likeness (QED) is 0.231. The Morgan fingerprint density at radius 2 is 0.949 bits per heavy atom. The first-order valence-electron chi connectivity index (χ1n) is 14.2. The molecule has 0 N–H and O–H groups in total. The molecule has 0 unspecified atom stereocenters. The van der Waals surface area contributed by atoms with Crippen LogP contribution in [-0.4, -0.2) is 6.04 Å². The minimum atomic E-state index is -0.312. The Bertz CT molecular complexity index is 1650. The maximum absolute atomic E-state index is 2.48. The lowest BCUT2D eigenvalue weighted by Gasteiger charge is -2.33. The molecule has 192 valence electrons. The van der Waals surface area contributed by atoms with Crippen molar-refractivity contribution in [2.45, 2.75) is 51.5 Å². The number of hydrogen-bond donors (Lipinski definition) is 0. The van der Waals surface area contributed by atoms with E-state index >= 15 is 0 Å². The second-order valence-corrected chi connectivity index (χ2v) is 12.4. The molecule has 0 fully saturated rings. The van der Waals surface area contributed by atoms with E-state index in [4.69, 9.17) is 0 Å². The number of nitrogens with zero attached hydrogens (tertiary/aromatic N) is 1. The van der Waals surface area contributed by atoms with Crippen molar-refractivity contribution < 1.29 is 0 Å². The highest BCUT2D eigenvalue weighted by atomic mass is 15.2. The molecule has 0 bridgehead atoms. The predicted molar refractivity (Wildman–Crippen MR) is 165 cm³/mol. The lowest BCUT2D eigenvalue weighted by atomic mass is 9.70. The normalized spacial score (nSPS) is 14.2. The van der Waals surface area contributed by atoms with E-state index in [0.717, 1.165) is 0 Å². The van der Waals surface area contributed by atoms with Gasteiger partial charge in [0.05, 0.1) is 5.41 Å². The smallest absolute Gasteiger partial charge is 0.0726 e. The largest absolute Gasteiger partial charge is 0.339 e. The summed E-state index contributed by atoms with van der Waals surface area (Å²) >= 11 is 0. The van der Waals surface area contributed by atoms with Crippen LogP contribution in [0.5, 0.6) is 0 Å². The van der Waals surface area contributed by atoms with Crippen LogP contribution in [0.2, 0.25) is 0 Å². The van der Waals surface area contributed by atoms with Gasteiger partial charge >= 0.3 is 0 Å². The Morgan fingerprint density at radius 3 is 1.41 bits per heavy atom. The fourth-order valence-electron chi connectivity index (χ4n) is 7.10. The number of anilines is 2. The Morgan fingerprint density at radius 1 is 0.513 bits per heavy atom. The SMILES string of the molecule is CC(C)N(c1ccc(C(C)(C)C)cc1)c1ccc2c(c1)C1(c3ccccc3-c3ccccc31)c1ccccc1-2. The van der Waals surface area contributed by atoms with Gasteiger partial charge in [-0.3, -0.25) is 0 Å². The van der Waals surface area contributed by atoms with Crippen molar-refractivity contribution in [3.05, 3.63) is 143 Å². The van der Waals surface area contributed by atoms with Gasteiger partial charge in [-0.2, -0.15) is 0 Å². The van der Waals surface area contributed by atoms with Gasteiger partial charge in [0.25, 0.3) is 0 Å². The molecule has 1 heteroatoms. The Hall–Kier alpha value is -4.10. The van der Waals surface area contributed by atoms with Gasteiger partial charge in [0.1, 0.15) is 0 Å². The fraction of sp³-hybridized carbons (Fsp3) is 0.211. The molecule has 5 aromatic rings. The minimum Gasteiger partial charge on any atom is -0.339 e. The fourth-order valence-corrected chi connectivity index (χ4v) is 7.10. The second kappa shape index (κ2) is 8.45. The molecule has 1 nitrogen and oxygen atoms in total. The zero-order valence-corrected chi connectivity index (χ0v) is 23.5. The van der Waals surface area contributed by atoms with Crippen LogP contribution in [0.3, 0.4) is 0 Å². The molecule has 2 aliphatic carbocycles. The highest BCUT2D eigenvalue weighted by molar-refractivity contribution is 5.95. The van der Waals surface area contributed by atoms with Crippen LogP contribution in [0.4, 0.5) is 11.4 Å². The van der Waals surface area contributed by atoms with Gasteiger partial charge in [-0.1, -0.05) is 112 Å². The number of fused-ring (bicyclic) bond motifs is 10. The summed E-state index contributed by atoms with van der Waals surface area (Å²) in [5, 5.41) is 0. The van der Waals surface area contributed by atoms with Crippen molar-refractivity contribution in [2.75, 3.05) is 4.90 Å². The molecule has 0 saturated heterocycles. The van der Waals surface area contributed by atoms with E-state index in [9.17, 15) is 0 Å². The monoisotopic (exact) mass is 505 g/mol. The lowest BCUT2D eigenvalue weighted by molar-refractivity contribution is 0.590. The van der Waals surface area contributed by atoms with Crippen LogP contribution in [0, 0.1) is 0 Å². The van der Waals surface area contributed by atoms with E-state index in [-0.39, 0.29) is 10.8 Å². The van der Waals surface area contributed by atoms with E-state index in [2.05, 4.69) is 155 Å². The van der Waals surface area contributed by atoms with Gasteiger partial charge in [-0.25, -0.2) is 0 Å². The summed E-state index contributed by atoms with van der Waals surface area (Å²) in [7, 11) is 0. The number of hydrogen-bond acceptors (Lipinski definition) is 1. The van der Waals surface area contributed by atoms with Crippen LogP contribution in [0.1, 0.15) is 62.4 Å². The summed E-state index contributed by atoms with van der Waals surface area (Å²) in [4.78, 5) is 2.48. The van der Waals surface area contributed by atoms with Gasteiger partial charge in [0.15, 0.2) is 0 Å². The highest BCUT2D eigenvalue weighted by Gasteiger charge is 2.51. The zero-order valence-electron chi connectivity index (χ0n) is 23.5. The molecule has 0 atom stereocenters. The molecule has 0 amide bonds. The summed E-state index contributed by atoms with van der Waals surface area (Å²) in [5.74, 6) is 0. The van der Waals surface area contributed by atoms with Crippen LogP contribution >= 0.6 is 0 Å². The third-order valence-electron chi connectivity index (χ3n) is 8.79. The maximum atomic E-state index is 2.48. The molecule has 0 heterocycles. The molecule has 0 aliphatic heterocycles. The number of benzene rings is 5. The van der Waals surface area contributed by atoms with Crippen LogP contribution in [0.25, 0.3) is 22.3 Å². The average molecular weight is 506 g/mol. The molecule has 5 aromatic carbocycles. The van der Waals surface area contributed by atoms with Crippen molar-refractivity contribution in [2.24, 2.45) is 0 Å². The highest BCUT2D eigenvalue weighted by Crippen LogP contribution is 2.63. The van der Waals surface area contributed by atoms with Crippen LogP contribution in [-0.2, 0) is 10.8 Å². The topological polar surface area (TPSA) is 3.24 Å². The lowest BCUT2D eigenvalue weighted by Crippen LogP contribution is -2.28. The zero-order chi connectivity index (χ0) is 26.9. The molecule has 0 radical (unpaired) electrons. The molecule has 1 spiro atoms. The van der Waals surface area contributed by atoms with Gasteiger partial charge in [-0.15, -0.1) is 0 Å². The van der Waals surface area contributed by atoms with Gasteiger partial charge in [0.2, 0.25) is 0 Å². The molecular formula is C38H35N. The number of rotatable bonds is 3. The molecule has 0 saturated carbocycles. The molecule has 7 rings (SSSR count). The minimum absolute atomic E-state index is 0.135. The Labute approximate surface area is 232 Å². The first-order chi connectivity index (χ1) is 18.8. The van der Waals surface area contributed by atoms with Gasteiger partial charge in [-0.05, 0) is 93.6 Å². The van der Waals surface area contributed by atoms with Gasteiger partial charge < -0.3 is 4.90 Å². The van der Waals surface area contributed by atoms with Crippen LogP contribution < -0.4 is 4.90 Å². The predicted octanol–water partition coefficient (Wildman–Crippen LogP) is 9.87. The van der Waals surface area contributed by atoms with Crippen LogP contribution in [0.15, 0.2) is 115 Å². The van der Waals surface area contributed by atoms with Crippen molar-refractivity contribution in [1.82, 2.24) is 0 Å². The standard InChI is InChI=1S/C38H35N/c1-25(2)39(27-20-18-26(19-21-27)37(3,4)5)28-22-23-32-31-14-8-11-17-35(31)38(36(32)24-28)33-15-9-6-12-29(33)30-13-7-10-16-34(30)38/h6-25H,1-5H3. The first-order valence-corrected chi connectivity index (χ1v) is 14.2. The van der Waals surface area contributed by atoms with Gasteiger partial charge in [0, 0.05) is 17.4 Å². The van der Waals surface area contributed by atoms with E-state index in [1.165, 1.54) is 61.4 Å². The molecule has 2 aliphatic rings. The van der Waals surface area contributed by atoms with Crippen molar-refractivity contribution in [3.8, 4) is 22.3 Å². The Kier molecular flexibility index (Phi) is 5.19. The molecular weight excluding hydrogens is 470 g/mol. The molecule has 39 heavy (non-hydrogen) atoms. The van der Waals surface area contributed by atoms with Crippen molar-refractivity contribution >= 4 is 11.4 Å². The van der Waals surface area contributed by atoms with E-state index in [1.54, 1.807) is 0 Å². The summed E-state index contributed by atoms with van der Waals surface area (Å²) in [5.41, 5.74) is 14.6. The average Bonchev–Trinajstić information content (AvgIpc) is 3.40. The summed E-state index contributed by atoms with van der Waals surface area (Å²) in [6, 6.07) is 43.7. The summed E-state index contributed by atoms with van der Waals surface area (Å²) < 4.78 is 0. The third kappa shape index (κ3) is 3.32. The third-order valence-corrected chi connectivity index (χ3v) is 8.79. The second-order valence-electron chi connectivity index (χ2n) is 12.4. The summed E-state index contributed by atoms with van der Waals surface area (Å²) in [6.07, 6.45) is 0. The maximum Gasteiger partial charge on any atom is 0.0726 e. The summed E-state index contributed by atoms with van der Waals surface area (Å²) in [6.45, 7) is 11.4.